The standard InChI is InChI=1S/C12H14N2O4/c1-7-4-8-5-14(12(16)13-11(8)17-7)10-3-2-9(6-15)18-10/h4-5,9-10,15H,2-3,6H2,1H3/t9-,10+/m0/s1. The second-order valence-electron chi connectivity index (χ2n) is 4.52. The van der Waals surface area contributed by atoms with E-state index in [1.807, 2.05) is 13.0 Å². The van der Waals surface area contributed by atoms with Crippen LogP contribution in [0.4, 0.5) is 0 Å². The molecule has 0 saturated carbocycles. The summed E-state index contributed by atoms with van der Waals surface area (Å²) in [4.78, 5) is 15.8. The van der Waals surface area contributed by atoms with Crippen molar-refractivity contribution in [1.29, 1.82) is 0 Å². The summed E-state index contributed by atoms with van der Waals surface area (Å²) in [6.45, 7) is 1.79. The van der Waals surface area contributed by atoms with E-state index in [1.54, 1.807) is 6.20 Å². The molecule has 0 spiro atoms. The fraction of sp³-hybridized carbons (Fsp3) is 0.500. The van der Waals surface area contributed by atoms with Gasteiger partial charge in [-0.1, -0.05) is 0 Å². The monoisotopic (exact) mass is 250 g/mol. The molecule has 6 heteroatoms. The molecule has 2 aromatic rings. The lowest BCUT2D eigenvalue weighted by atomic mass is 10.2. The van der Waals surface area contributed by atoms with Gasteiger partial charge in [0.1, 0.15) is 12.0 Å². The summed E-state index contributed by atoms with van der Waals surface area (Å²) in [6, 6.07) is 1.83. The van der Waals surface area contributed by atoms with Gasteiger partial charge in [-0.2, -0.15) is 4.98 Å². The molecule has 18 heavy (non-hydrogen) atoms. The molecule has 0 radical (unpaired) electrons. The number of hydrogen-bond donors (Lipinski definition) is 1. The number of nitrogens with zero attached hydrogens (tertiary/aromatic N) is 2. The molecule has 0 aromatic carbocycles. The second-order valence-corrected chi connectivity index (χ2v) is 4.52. The van der Waals surface area contributed by atoms with Gasteiger partial charge in [-0.15, -0.1) is 0 Å². The quantitative estimate of drug-likeness (QED) is 0.859. The Balaban J connectivity index is 2.01. The first-order valence-corrected chi connectivity index (χ1v) is 5.93. The number of furan rings is 1. The van der Waals surface area contributed by atoms with E-state index in [0.29, 0.717) is 12.1 Å². The van der Waals surface area contributed by atoms with E-state index in [2.05, 4.69) is 4.98 Å². The van der Waals surface area contributed by atoms with Gasteiger partial charge in [0.25, 0.3) is 0 Å². The normalized spacial score (nSPS) is 23.9. The van der Waals surface area contributed by atoms with Gasteiger partial charge < -0.3 is 14.3 Å². The summed E-state index contributed by atoms with van der Waals surface area (Å²) in [5.41, 5.74) is -0.0362. The van der Waals surface area contributed by atoms with E-state index >= 15 is 0 Å². The molecule has 1 saturated heterocycles. The molecule has 0 amide bonds. The van der Waals surface area contributed by atoms with Crippen LogP contribution in [0.25, 0.3) is 11.1 Å². The number of aliphatic hydroxyl groups excluding tert-OH is 1. The van der Waals surface area contributed by atoms with Crippen LogP contribution in [0.2, 0.25) is 0 Å². The van der Waals surface area contributed by atoms with Gasteiger partial charge in [0.05, 0.1) is 18.1 Å². The lowest BCUT2D eigenvalue weighted by Crippen LogP contribution is -2.27. The Hall–Kier alpha value is -1.66. The highest BCUT2D eigenvalue weighted by Gasteiger charge is 2.27. The molecule has 6 nitrogen and oxygen atoms in total. The third-order valence-corrected chi connectivity index (χ3v) is 3.16. The SMILES string of the molecule is Cc1cc2cn([C@H]3CC[C@@H](CO)O3)c(=O)nc2o1. The second kappa shape index (κ2) is 4.22. The number of hydrogen-bond acceptors (Lipinski definition) is 5. The Kier molecular flexibility index (Phi) is 2.68. The zero-order valence-electron chi connectivity index (χ0n) is 10.00. The van der Waals surface area contributed by atoms with E-state index in [0.717, 1.165) is 17.6 Å². The van der Waals surface area contributed by atoms with Crippen LogP contribution >= 0.6 is 0 Å². The Morgan fingerprint density at radius 3 is 3.11 bits per heavy atom. The summed E-state index contributed by atoms with van der Waals surface area (Å²) in [5.74, 6) is 0.718. The zero-order valence-corrected chi connectivity index (χ0v) is 10.00. The molecular weight excluding hydrogens is 236 g/mol. The van der Waals surface area contributed by atoms with Gasteiger partial charge in [-0.25, -0.2) is 4.79 Å². The number of fused-ring (bicyclic) bond motifs is 1. The number of aryl methyl sites for hydroxylation is 1. The Bertz CT molecular complexity index is 631. The molecule has 1 aliphatic heterocycles. The third-order valence-electron chi connectivity index (χ3n) is 3.16. The average molecular weight is 250 g/mol. The van der Waals surface area contributed by atoms with E-state index in [4.69, 9.17) is 14.3 Å². The minimum Gasteiger partial charge on any atom is -0.443 e. The lowest BCUT2D eigenvalue weighted by molar-refractivity contribution is -0.0243. The highest BCUT2D eigenvalue weighted by molar-refractivity contribution is 5.72. The molecule has 0 aliphatic carbocycles. The molecule has 3 heterocycles. The molecule has 2 atom stereocenters. The molecule has 1 N–H and O–H groups in total. The van der Waals surface area contributed by atoms with Crippen molar-refractivity contribution in [2.24, 2.45) is 0 Å². The average Bonchev–Trinajstić information content (AvgIpc) is 2.92. The summed E-state index contributed by atoms with van der Waals surface area (Å²) < 4.78 is 12.3. The molecule has 96 valence electrons. The summed E-state index contributed by atoms with van der Waals surface area (Å²) in [7, 11) is 0. The smallest absolute Gasteiger partial charge is 0.353 e. The Labute approximate surface area is 103 Å². The highest BCUT2D eigenvalue weighted by Crippen LogP contribution is 2.27. The van der Waals surface area contributed by atoms with Crippen LogP contribution in [0.1, 0.15) is 24.8 Å². The molecule has 0 bridgehead atoms. The predicted molar refractivity (Wildman–Crippen MR) is 63.2 cm³/mol. The van der Waals surface area contributed by atoms with Crippen molar-refractivity contribution in [2.75, 3.05) is 6.61 Å². The first-order chi connectivity index (χ1) is 8.67. The lowest BCUT2D eigenvalue weighted by Gasteiger charge is -2.14. The molecule has 2 aromatic heterocycles. The van der Waals surface area contributed by atoms with Crippen LogP contribution in [0.5, 0.6) is 0 Å². The van der Waals surface area contributed by atoms with Crippen LogP contribution in [0, 0.1) is 6.92 Å². The van der Waals surface area contributed by atoms with E-state index in [9.17, 15) is 4.79 Å². The van der Waals surface area contributed by atoms with Crippen molar-refractivity contribution in [2.45, 2.75) is 32.1 Å². The van der Waals surface area contributed by atoms with Gasteiger partial charge in [0.15, 0.2) is 0 Å². The maximum atomic E-state index is 11.9. The first kappa shape index (κ1) is 11.4. The highest BCUT2D eigenvalue weighted by atomic mass is 16.5. The van der Waals surface area contributed by atoms with E-state index < -0.39 is 0 Å². The summed E-state index contributed by atoms with van der Waals surface area (Å²) in [6.07, 6.45) is 2.61. The number of ether oxygens (including phenoxy) is 1. The summed E-state index contributed by atoms with van der Waals surface area (Å²) >= 11 is 0. The van der Waals surface area contributed by atoms with Crippen molar-refractivity contribution in [3.8, 4) is 0 Å². The number of aromatic nitrogens is 2. The minimum atomic E-state index is -0.388. The van der Waals surface area contributed by atoms with Crippen molar-refractivity contribution >= 4 is 11.1 Å². The van der Waals surface area contributed by atoms with E-state index in [1.165, 1.54) is 4.57 Å². The van der Waals surface area contributed by atoms with Crippen LogP contribution in [-0.2, 0) is 4.74 Å². The fourth-order valence-electron chi connectivity index (χ4n) is 2.28. The number of rotatable bonds is 2. The minimum absolute atomic E-state index is 0.0221. The van der Waals surface area contributed by atoms with Crippen molar-refractivity contribution in [1.82, 2.24) is 9.55 Å². The van der Waals surface area contributed by atoms with Gasteiger partial charge in [0, 0.05) is 6.20 Å². The molecule has 1 aliphatic rings. The van der Waals surface area contributed by atoms with Crippen LogP contribution in [0.3, 0.4) is 0 Å². The first-order valence-electron chi connectivity index (χ1n) is 5.93. The van der Waals surface area contributed by atoms with Gasteiger partial charge in [0.2, 0.25) is 5.71 Å². The zero-order chi connectivity index (χ0) is 12.7. The molecule has 3 rings (SSSR count). The fourth-order valence-corrected chi connectivity index (χ4v) is 2.28. The topological polar surface area (TPSA) is 77.5 Å². The van der Waals surface area contributed by atoms with Crippen LogP contribution < -0.4 is 5.69 Å². The Morgan fingerprint density at radius 2 is 2.39 bits per heavy atom. The molecular formula is C12H14N2O4. The van der Waals surface area contributed by atoms with Crippen LogP contribution in [-0.4, -0.2) is 27.4 Å². The molecule has 1 fully saturated rings. The summed E-state index contributed by atoms with van der Waals surface area (Å²) in [5, 5.41) is 9.81. The maximum Gasteiger partial charge on any atom is 0.353 e. The van der Waals surface area contributed by atoms with Crippen molar-refractivity contribution in [3.05, 3.63) is 28.5 Å². The van der Waals surface area contributed by atoms with Gasteiger partial charge in [-0.05, 0) is 25.8 Å². The van der Waals surface area contributed by atoms with Crippen LogP contribution in [0.15, 0.2) is 21.5 Å². The van der Waals surface area contributed by atoms with Crippen molar-refractivity contribution in [3.63, 3.8) is 0 Å². The largest absolute Gasteiger partial charge is 0.443 e. The number of aliphatic hydroxyl groups is 1. The van der Waals surface area contributed by atoms with Gasteiger partial charge in [-0.3, -0.25) is 4.57 Å². The third kappa shape index (κ3) is 1.83. The Morgan fingerprint density at radius 1 is 1.56 bits per heavy atom. The molecule has 0 unspecified atom stereocenters. The maximum absolute atomic E-state index is 11.9. The van der Waals surface area contributed by atoms with E-state index in [-0.39, 0.29) is 24.6 Å². The van der Waals surface area contributed by atoms with Gasteiger partial charge >= 0.3 is 5.69 Å². The van der Waals surface area contributed by atoms with Crippen molar-refractivity contribution < 1.29 is 14.3 Å². The predicted octanol–water partition coefficient (Wildman–Crippen LogP) is 0.968.